The van der Waals surface area contributed by atoms with Crippen molar-refractivity contribution in [3.8, 4) is 5.75 Å². The zero-order chi connectivity index (χ0) is 24.1. The summed E-state index contributed by atoms with van der Waals surface area (Å²) in [5.74, 6) is -0.825. The molecule has 0 radical (unpaired) electrons. The van der Waals surface area contributed by atoms with Crippen LogP contribution >= 0.6 is 11.6 Å². The minimum Gasteiger partial charge on any atom is -0.506 e. The molecular formula is C26H26ClN3O4. The molecule has 0 aliphatic carbocycles. The fourth-order valence-electron chi connectivity index (χ4n) is 4.20. The molecule has 0 bridgehead atoms. The van der Waals surface area contributed by atoms with Gasteiger partial charge >= 0.3 is 0 Å². The summed E-state index contributed by atoms with van der Waals surface area (Å²) in [4.78, 5) is 39.5. The number of nitrogens with one attached hydrogen (secondary N) is 2. The first kappa shape index (κ1) is 23.6. The Hall–Kier alpha value is -3.58. The molecule has 1 saturated heterocycles. The van der Waals surface area contributed by atoms with Crippen molar-refractivity contribution >= 4 is 45.8 Å². The van der Waals surface area contributed by atoms with Gasteiger partial charge in [0.25, 0.3) is 5.91 Å². The van der Waals surface area contributed by atoms with Crippen LogP contribution in [0.4, 0.5) is 5.69 Å². The van der Waals surface area contributed by atoms with Crippen LogP contribution in [-0.2, 0) is 9.59 Å². The van der Waals surface area contributed by atoms with Crippen molar-refractivity contribution in [2.24, 2.45) is 0 Å². The highest BCUT2D eigenvalue weighted by Gasteiger charge is 2.35. The Morgan fingerprint density at radius 3 is 2.59 bits per heavy atom. The predicted octanol–water partition coefficient (Wildman–Crippen LogP) is 4.34. The van der Waals surface area contributed by atoms with Gasteiger partial charge in [0.05, 0.1) is 5.56 Å². The molecule has 3 N–H and O–H groups in total. The first-order valence-corrected chi connectivity index (χ1v) is 11.7. The number of amides is 3. The van der Waals surface area contributed by atoms with E-state index in [9.17, 15) is 19.5 Å². The number of carbonyl (C=O) groups excluding carboxylic acids is 3. The number of aromatic hydroxyl groups is 1. The fourth-order valence-corrected chi connectivity index (χ4v) is 4.33. The van der Waals surface area contributed by atoms with Gasteiger partial charge in [-0.05, 0) is 55.0 Å². The van der Waals surface area contributed by atoms with Crippen molar-refractivity contribution < 1.29 is 19.5 Å². The maximum absolute atomic E-state index is 13.2. The zero-order valence-corrected chi connectivity index (χ0v) is 19.3. The van der Waals surface area contributed by atoms with E-state index in [-0.39, 0.29) is 35.5 Å². The van der Waals surface area contributed by atoms with Crippen molar-refractivity contribution in [2.75, 3.05) is 18.4 Å². The Morgan fingerprint density at radius 2 is 1.79 bits per heavy atom. The van der Waals surface area contributed by atoms with Crippen molar-refractivity contribution in [1.82, 2.24) is 10.2 Å². The average molecular weight is 480 g/mol. The summed E-state index contributed by atoms with van der Waals surface area (Å²) in [6.45, 7) is 0.777. The lowest BCUT2D eigenvalue weighted by molar-refractivity contribution is -0.125. The summed E-state index contributed by atoms with van der Waals surface area (Å²) in [6, 6.07) is 16.9. The number of halogens is 1. The number of anilines is 1. The van der Waals surface area contributed by atoms with Gasteiger partial charge in [-0.2, -0.15) is 0 Å². The third-order valence-electron chi connectivity index (χ3n) is 5.96. The normalized spacial score (nSPS) is 15.3. The van der Waals surface area contributed by atoms with Crippen LogP contribution in [0.15, 0.2) is 60.7 Å². The predicted molar refractivity (Wildman–Crippen MR) is 132 cm³/mol. The van der Waals surface area contributed by atoms with E-state index < -0.39 is 6.04 Å². The molecule has 1 unspecified atom stereocenters. The Morgan fingerprint density at radius 1 is 1.03 bits per heavy atom. The van der Waals surface area contributed by atoms with E-state index in [2.05, 4.69) is 10.6 Å². The summed E-state index contributed by atoms with van der Waals surface area (Å²) < 4.78 is 0. The molecule has 4 rings (SSSR count). The molecule has 0 saturated carbocycles. The number of phenolic OH excluding ortho intramolecular Hbond substituents is 1. The first-order chi connectivity index (χ1) is 16.4. The lowest BCUT2D eigenvalue weighted by Crippen LogP contribution is -2.46. The van der Waals surface area contributed by atoms with Crippen LogP contribution in [0.2, 0.25) is 5.02 Å². The highest BCUT2D eigenvalue weighted by Crippen LogP contribution is 2.31. The van der Waals surface area contributed by atoms with Gasteiger partial charge in [0, 0.05) is 35.6 Å². The van der Waals surface area contributed by atoms with Crippen LogP contribution in [0.1, 0.15) is 36.0 Å². The molecule has 3 aromatic carbocycles. The second kappa shape index (κ2) is 10.6. The Labute approximate surface area is 202 Å². The SMILES string of the molecule is O=C(CCCNC(=O)C1CCCN1C(=O)c1ccc2ccccc2c1O)Nc1ccc(Cl)cc1. The Balaban J connectivity index is 1.30. The number of fused-ring (bicyclic) bond motifs is 1. The van der Waals surface area contributed by atoms with Gasteiger partial charge in [-0.3, -0.25) is 14.4 Å². The van der Waals surface area contributed by atoms with Crippen molar-refractivity contribution in [3.63, 3.8) is 0 Å². The molecule has 176 valence electrons. The van der Waals surface area contributed by atoms with E-state index in [0.29, 0.717) is 48.4 Å². The van der Waals surface area contributed by atoms with E-state index in [4.69, 9.17) is 11.6 Å². The van der Waals surface area contributed by atoms with Gasteiger partial charge in [-0.15, -0.1) is 0 Å². The van der Waals surface area contributed by atoms with Crippen LogP contribution in [0.3, 0.4) is 0 Å². The number of hydrogen-bond donors (Lipinski definition) is 3. The van der Waals surface area contributed by atoms with Gasteiger partial charge in [-0.25, -0.2) is 0 Å². The highest BCUT2D eigenvalue weighted by molar-refractivity contribution is 6.30. The lowest BCUT2D eigenvalue weighted by Gasteiger charge is -2.24. The van der Waals surface area contributed by atoms with Crippen LogP contribution < -0.4 is 10.6 Å². The van der Waals surface area contributed by atoms with E-state index in [1.807, 2.05) is 12.1 Å². The summed E-state index contributed by atoms with van der Waals surface area (Å²) in [5, 5.41) is 18.3. The molecule has 3 aromatic rings. The van der Waals surface area contributed by atoms with Crippen molar-refractivity contribution in [3.05, 3.63) is 71.2 Å². The first-order valence-electron chi connectivity index (χ1n) is 11.3. The molecule has 1 heterocycles. The number of phenols is 1. The minimum absolute atomic E-state index is 0.0687. The quantitative estimate of drug-likeness (QED) is 0.439. The van der Waals surface area contributed by atoms with E-state index >= 15 is 0 Å². The summed E-state index contributed by atoms with van der Waals surface area (Å²) in [7, 11) is 0. The molecule has 1 aliphatic heterocycles. The number of carbonyl (C=O) groups is 3. The fraction of sp³-hybridized carbons (Fsp3) is 0.269. The molecule has 7 nitrogen and oxygen atoms in total. The number of likely N-dealkylation sites (tertiary alicyclic amines) is 1. The second-order valence-corrected chi connectivity index (χ2v) is 8.73. The maximum atomic E-state index is 13.2. The molecule has 3 amide bonds. The van der Waals surface area contributed by atoms with Crippen LogP contribution in [0.25, 0.3) is 10.8 Å². The number of benzene rings is 3. The third-order valence-corrected chi connectivity index (χ3v) is 6.21. The van der Waals surface area contributed by atoms with Crippen LogP contribution in [0.5, 0.6) is 5.75 Å². The summed E-state index contributed by atoms with van der Waals surface area (Å²) in [6.07, 6.45) is 1.99. The van der Waals surface area contributed by atoms with Gasteiger partial charge in [0.1, 0.15) is 11.8 Å². The number of hydrogen-bond acceptors (Lipinski definition) is 4. The molecule has 1 fully saturated rings. The van der Waals surface area contributed by atoms with E-state index in [1.54, 1.807) is 48.5 Å². The van der Waals surface area contributed by atoms with Crippen LogP contribution in [-0.4, -0.2) is 46.9 Å². The maximum Gasteiger partial charge on any atom is 0.258 e. The highest BCUT2D eigenvalue weighted by atomic mass is 35.5. The second-order valence-electron chi connectivity index (χ2n) is 8.29. The summed E-state index contributed by atoms with van der Waals surface area (Å²) in [5.41, 5.74) is 0.854. The molecule has 1 aliphatic rings. The van der Waals surface area contributed by atoms with Crippen LogP contribution in [0, 0.1) is 0 Å². The molecule has 1 atom stereocenters. The standard InChI is InChI=1S/C26H26ClN3O4/c27-18-10-12-19(13-11-18)29-23(31)8-3-15-28-25(33)22-7-4-16-30(22)26(34)21-14-9-17-5-1-2-6-20(17)24(21)32/h1-2,5-6,9-14,22,32H,3-4,7-8,15-16H2,(H,28,33)(H,29,31). The lowest BCUT2D eigenvalue weighted by atomic mass is 10.0. The molecular weight excluding hydrogens is 454 g/mol. The largest absolute Gasteiger partial charge is 0.506 e. The van der Waals surface area contributed by atoms with E-state index in [0.717, 1.165) is 5.39 Å². The van der Waals surface area contributed by atoms with Gasteiger partial charge < -0.3 is 20.6 Å². The number of nitrogens with zero attached hydrogens (tertiary/aromatic N) is 1. The third kappa shape index (κ3) is 5.31. The zero-order valence-electron chi connectivity index (χ0n) is 18.6. The molecule has 0 aromatic heterocycles. The van der Waals surface area contributed by atoms with Crippen molar-refractivity contribution in [2.45, 2.75) is 31.7 Å². The molecule has 34 heavy (non-hydrogen) atoms. The summed E-state index contributed by atoms with van der Waals surface area (Å²) >= 11 is 5.84. The van der Waals surface area contributed by atoms with Crippen molar-refractivity contribution in [1.29, 1.82) is 0 Å². The Bertz CT molecular complexity index is 1210. The van der Waals surface area contributed by atoms with Gasteiger partial charge in [0.15, 0.2) is 0 Å². The Kier molecular flexibility index (Phi) is 7.33. The molecule has 8 heteroatoms. The van der Waals surface area contributed by atoms with Gasteiger partial charge in [0.2, 0.25) is 11.8 Å². The van der Waals surface area contributed by atoms with Gasteiger partial charge in [-0.1, -0.05) is 41.9 Å². The average Bonchev–Trinajstić information content (AvgIpc) is 3.33. The van der Waals surface area contributed by atoms with E-state index in [1.165, 1.54) is 4.90 Å². The smallest absolute Gasteiger partial charge is 0.258 e. The topological polar surface area (TPSA) is 98.7 Å². The minimum atomic E-state index is -0.596. The monoisotopic (exact) mass is 479 g/mol. The number of rotatable bonds is 7. The molecule has 0 spiro atoms.